The van der Waals surface area contributed by atoms with Crippen LogP contribution in [-0.4, -0.2) is 79.9 Å². The Morgan fingerprint density at radius 3 is 0.637 bits per heavy atom. The van der Waals surface area contributed by atoms with Crippen LogP contribution in [0.2, 0.25) is 0 Å². The number of rotatable bonds is 5. The standard InChI is InChI=1S/2C21H22N4O.3C20H23N3O/c2*1-12-17-19(25-24-12)23-15-10-20(2,3)11-16(26)18(15)21(17,4)13-7-6-8-14(9-13)22-5;3*1-12-16-18(23-22-12)21-14-10-19(2,3)11-15(24)17(14)20(16,4)13-8-6-5-7-9-13/h2*6-9H,10-11H2,1-4H3,(H2,23,24,25);3*5-9H,10-11H2,1-4H3,(H2,21,22,23)/t21-;;2*20-;/m0.10./s1. The lowest BCUT2D eigenvalue weighted by atomic mass is 9.61. The van der Waals surface area contributed by atoms with E-state index in [1.807, 2.05) is 126 Å². The molecule has 22 nitrogen and oxygen atoms in total. The number of hydrogen-bond donors (Lipinski definition) is 10. The normalized spacial score (nSPS) is 24.5. The minimum atomic E-state index is -0.624. The lowest BCUT2D eigenvalue weighted by Crippen LogP contribution is -2.42. The second-order valence-corrected chi connectivity index (χ2v) is 40.5. The van der Waals surface area contributed by atoms with Crippen LogP contribution in [0, 0.1) is 74.8 Å². The van der Waals surface area contributed by atoms with Gasteiger partial charge in [-0.3, -0.25) is 49.5 Å². The first-order valence-electron chi connectivity index (χ1n) is 43.1. The Morgan fingerprint density at radius 1 is 0.258 bits per heavy atom. The van der Waals surface area contributed by atoms with Crippen LogP contribution in [0.4, 0.5) is 40.5 Å². The molecule has 5 aliphatic heterocycles. The summed E-state index contributed by atoms with van der Waals surface area (Å²) in [6.07, 6.45) is 7.00. The van der Waals surface area contributed by atoms with Gasteiger partial charge in [-0.15, -0.1) is 0 Å². The van der Waals surface area contributed by atoms with Crippen molar-refractivity contribution in [2.45, 2.75) is 230 Å². The molecule has 0 bridgehead atoms. The Bertz CT molecular complexity index is 5860. The van der Waals surface area contributed by atoms with Crippen molar-refractivity contribution in [1.29, 1.82) is 0 Å². The van der Waals surface area contributed by atoms with Gasteiger partial charge in [-0.25, -0.2) is 9.69 Å². The highest BCUT2D eigenvalue weighted by Gasteiger charge is 2.56. The van der Waals surface area contributed by atoms with Gasteiger partial charge in [0.25, 0.3) is 0 Å². The van der Waals surface area contributed by atoms with E-state index in [4.69, 9.17) is 13.1 Å². The zero-order valence-electron chi connectivity index (χ0n) is 75.0. The van der Waals surface area contributed by atoms with Crippen molar-refractivity contribution in [2.24, 2.45) is 27.1 Å². The molecule has 10 aliphatic rings. The first-order chi connectivity index (χ1) is 58.5. The fraction of sp³-hybridized carbons (Fsp3) is 0.392. The van der Waals surface area contributed by atoms with Crippen molar-refractivity contribution < 1.29 is 24.0 Å². The fourth-order valence-corrected chi connectivity index (χ4v) is 22.6. The van der Waals surface area contributed by atoms with Gasteiger partial charge in [0.1, 0.15) is 0 Å². The topological polar surface area (TPSA) is 298 Å². The maximum atomic E-state index is 13.2. The Kier molecular flexibility index (Phi) is 20.7. The van der Waals surface area contributed by atoms with Crippen molar-refractivity contribution in [2.75, 3.05) is 26.6 Å². The molecule has 5 atom stereocenters. The van der Waals surface area contributed by atoms with Gasteiger partial charge in [-0.1, -0.05) is 209 Å². The molecular weight excluding hydrogens is 1540 g/mol. The number of hydrogen-bond acceptors (Lipinski definition) is 15. The Morgan fingerprint density at radius 2 is 0.444 bits per heavy atom. The summed E-state index contributed by atoms with van der Waals surface area (Å²) in [6, 6.07) is 46.1. The van der Waals surface area contributed by atoms with Gasteiger partial charge in [0.2, 0.25) is 0 Å². The molecule has 10 heterocycles. The molecule has 0 amide bonds. The summed E-state index contributed by atoms with van der Waals surface area (Å²) in [6.45, 7) is 56.8. The van der Waals surface area contributed by atoms with E-state index >= 15 is 0 Å². The third kappa shape index (κ3) is 14.2. The van der Waals surface area contributed by atoms with Gasteiger partial charge >= 0.3 is 0 Å². The maximum absolute atomic E-state index is 13.2. The number of anilines is 5. The molecule has 636 valence electrons. The number of aromatic nitrogens is 10. The number of fused-ring (bicyclic) bond motifs is 5. The molecule has 5 aliphatic carbocycles. The van der Waals surface area contributed by atoms with Crippen LogP contribution in [0.5, 0.6) is 0 Å². The summed E-state index contributed by atoms with van der Waals surface area (Å²) in [5.41, 5.74) is 23.1. The number of benzene rings is 5. The average molecular weight is 1660 g/mol. The van der Waals surface area contributed by atoms with Crippen molar-refractivity contribution >= 4 is 69.4 Å². The molecule has 0 fully saturated rings. The first-order valence-corrected chi connectivity index (χ1v) is 43.1. The Balaban J connectivity index is 0.000000115. The number of allylic oxidation sites excluding steroid dienone is 10. The molecule has 22 heteroatoms. The van der Waals surface area contributed by atoms with E-state index < -0.39 is 27.1 Å². The van der Waals surface area contributed by atoms with Crippen LogP contribution >= 0.6 is 0 Å². The average Bonchev–Trinajstić information content (AvgIpc) is 1.45. The summed E-state index contributed by atoms with van der Waals surface area (Å²) >= 11 is 0. The highest BCUT2D eigenvalue weighted by molar-refractivity contribution is 6.07. The van der Waals surface area contributed by atoms with E-state index in [2.05, 4.69) is 228 Å². The Labute approximate surface area is 726 Å². The number of ketones is 5. The molecule has 0 spiro atoms. The summed E-state index contributed by atoms with van der Waals surface area (Å²) in [4.78, 5) is 73.1. The van der Waals surface area contributed by atoms with Crippen LogP contribution in [0.1, 0.15) is 252 Å². The molecule has 124 heavy (non-hydrogen) atoms. The van der Waals surface area contributed by atoms with Crippen molar-refractivity contribution in [3.05, 3.63) is 303 Å². The second kappa shape index (κ2) is 30.3. The second-order valence-electron chi connectivity index (χ2n) is 40.5. The summed E-state index contributed by atoms with van der Waals surface area (Å²) in [5.74, 6) is 5.18. The minimum absolute atomic E-state index is 0.0244. The van der Waals surface area contributed by atoms with E-state index in [-0.39, 0.29) is 56.0 Å². The molecule has 2 unspecified atom stereocenters. The summed E-state index contributed by atoms with van der Waals surface area (Å²) < 4.78 is 0. The van der Waals surface area contributed by atoms with Gasteiger partial charge in [-0.2, -0.15) is 25.5 Å². The van der Waals surface area contributed by atoms with Gasteiger partial charge in [0.15, 0.2) is 69.4 Å². The van der Waals surface area contributed by atoms with E-state index in [1.54, 1.807) is 12.1 Å². The number of H-pyrrole nitrogens is 5. The van der Waals surface area contributed by atoms with Gasteiger partial charge in [0.05, 0.1) is 40.2 Å². The van der Waals surface area contributed by atoms with Crippen LogP contribution in [0.15, 0.2) is 196 Å². The van der Waals surface area contributed by atoms with Gasteiger partial charge in [-0.05, 0) is 156 Å². The zero-order chi connectivity index (χ0) is 88.7. The fourth-order valence-electron chi connectivity index (χ4n) is 22.6. The van der Waals surface area contributed by atoms with Gasteiger partial charge < -0.3 is 26.6 Å². The number of nitrogens with one attached hydrogen (secondary N) is 10. The lowest BCUT2D eigenvalue weighted by molar-refractivity contribution is -0.119. The van der Waals surface area contributed by atoms with Crippen LogP contribution in [0.3, 0.4) is 0 Å². The molecule has 0 radical (unpaired) electrons. The zero-order valence-corrected chi connectivity index (χ0v) is 75.0. The molecule has 5 aromatic carbocycles. The number of carbonyl (C=O) groups is 5. The molecule has 0 saturated carbocycles. The molecule has 10 N–H and O–H groups in total. The highest BCUT2D eigenvalue weighted by Crippen LogP contribution is 2.60. The van der Waals surface area contributed by atoms with Crippen LogP contribution < -0.4 is 26.6 Å². The smallest absolute Gasteiger partial charge is 0.187 e. The third-order valence-electron chi connectivity index (χ3n) is 27.6. The van der Waals surface area contributed by atoms with Gasteiger partial charge in [0, 0.05) is 145 Å². The molecule has 0 saturated heterocycles. The number of aryl methyl sites for hydroxylation is 5. The minimum Gasteiger partial charge on any atom is -0.342 e. The Hall–Kier alpha value is -12.8. The number of aromatic amines is 5. The number of Topliss-reactive ketones (excluding diaryl/α,β-unsaturated/α-hetero) is 5. The molecule has 5 aromatic heterocycles. The maximum Gasteiger partial charge on any atom is 0.187 e. The molecule has 20 rings (SSSR count). The van der Waals surface area contributed by atoms with E-state index in [1.165, 1.54) is 0 Å². The first kappa shape index (κ1) is 84.8. The third-order valence-corrected chi connectivity index (χ3v) is 27.6. The monoisotopic (exact) mass is 1660 g/mol. The van der Waals surface area contributed by atoms with E-state index in [9.17, 15) is 24.0 Å². The predicted octanol–water partition coefficient (Wildman–Crippen LogP) is 21.6. The van der Waals surface area contributed by atoms with E-state index in [0.29, 0.717) is 43.5 Å². The van der Waals surface area contributed by atoms with E-state index in [0.717, 1.165) is 202 Å². The van der Waals surface area contributed by atoms with Crippen LogP contribution in [-0.2, 0) is 51.0 Å². The SMILES string of the molecule is Cc1[nH]nc2c1C(C)(c1ccccc1)C1=C(CC(C)(C)CC1=O)N2.Cc1[nH]nc2c1[C@@](C)(c1ccccc1)C1=C(CC(C)(C)CC1=O)N2.Cc1[nH]nc2c1[C@](C)(c1ccccc1)C1=C(CC(C)(C)CC1=O)N2.[C-]#[N+]c1cccc(C2(C)C3=C(CC(C)(C)CC3=O)Nc3n[nH]c(C)c32)c1.[C-]#[N+]c1cccc([C@]2(C)C3=C(CC(C)(C)CC3=O)Nc3n[nH]c(C)c32)c1. The van der Waals surface area contributed by atoms with Crippen molar-refractivity contribution in [3.8, 4) is 0 Å². The quantitative estimate of drug-likeness (QED) is 0.0717. The molecular formula is C102H113N17O5. The largest absolute Gasteiger partial charge is 0.342 e. The lowest BCUT2D eigenvalue weighted by Gasteiger charge is -2.44. The molecule has 10 aromatic rings. The van der Waals surface area contributed by atoms with Crippen molar-refractivity contribution in [3.63, 3.8) is 0 Å². The number of nitrogens with zero attached hydrogens (tertiary/aromatic N) is 7. The highest BCUT2D eigenvalue weighted by atomic mass is 16.1. The predicted molar refractivity (Wildman–Crippen MR) is 487 cm³/mol. The van der Waals surface area contributed by atoms with Crippen LogP contribution in [0.25, 0.3) is 9.69 Å². The summed E-state index contributed by atoms with van der Waals surface area (Å²) in [7, 11) is 0. The number of carbonyl (C=O) groups excluding carboxylic acids is 5. The summed E-state index contributed by atoms with van der Waals surface area (Å²) in [5, 5.41) is 54.9. The van der Waals surface area contributed by atoms with Crippen molar-refractivity contribution in [1.82, 2.24) is 51.0 Å².